The van der Waals surface area contributed by atoms with Crippen molar-refractivity contribution in [2.24, 2.45) is 11.7 Å². The largest absolute Gasteiger partial charge is 0.444 e. The van der Waals surface area contributed by atoms with E-state index in [1.807, 2.05) is 0 Å². The van der Waals surface area contributed by atoms with Gasteiger partial charge in [0.15, 0.2) is 5.69 Å². The van der Waals surface area contributed by atoms with Crippen molar-refractivity contribution in [1.29, 1.82) is 0 Å². The fourth-order valence-electron chi connectivity index (χ4n) is 5.07. The van der Waals surface area contributed by atoms with Crippen LogP contribution in [0.1, 0.15) is 51.3 Å². The summed E-state index contributed by atoms with van der Waals surface area (Å²) < 4.78 is 59.6. The summed E-state index contributed by atoms with van der Waals surface area (Å²) in [5, 5.41) is 8.03. The molecule has 2 fully saturated rings. The third-order valence-corrected chi connectivity index (χ3v) is 6.50. The lowest BCUT2D eigenvalue weighted by Gasteiger charge is -2.36. The van der Waals surface area contributed by atoms with E-state index in [1.165, 1.54) is 17.0 Å². The number of nitrogens with one attached hydrogen (secondary N) is 2. The van der Waals surface area contributed by atoms with Crippen molar-refractivity contribution < 1.29 is 31.9 Å². The van der Waals surface area contributed by atoms with Crippen molar-refractivity contribution in [3.63, 3.8) is 0 Å². The lowest BCUT2D eigenvalue weighted by molar-refractivity contribution is -0.140. The number of halogens is 4. The summed E-state index contributed by atoms with van der Waals surface area (Å²) >= 11 is 0. The maximum Gasteiger partial charge on any atom is 0.435 e. The van der Waals surface area contributed by atoms with Gasteiger partial charge in [0.05, 0.1) is 6.17 Å². The molecule has 4 rings (SSSR count). The maximum atomic E-state index is 14.8. The monoisotopic (exact) mass is 511 g/mol. The number of carbonyl (C=O) groups excluding carboxylic acids is 2. The number of benzene rings is 1. The van der Waals surface area contributed by atoms with E-state index in [9.17, 15) is 27.2 Å². The number of aromatic amines is 1. The van der Waals surface area contributed by atoms with Crippen LogP contribution in [0.4, 0.5) is 22.4 Å². The van der Waals surface area contributed by atoms with E-state index in [0.29, 0.717) is 6.42 Å². The average Bonchev–Trinajstić information content (AvgIpc) is 3.49. The first kappa shape index (κ1) is 25.9. The molecule has 2 aromatic rings. The molecule has 1 unspecified atom stereocenters. The van der Waals surface area contributed by atoms with Gasteiger partial charge in [0.25, 0.3) is 0 Å². The highest BCUT2D eigenvalue weighted by molar-refractivity contribution is 5.87. The summed E-state index contributed by atoms with van der Waals surface area (Å²) in [6.45, 7) is 5.25. The van der Waals surface area contributed by atoms with Crippen molar-refractivity contribution in [3.8, 4) is 11.1 Å². The Morgan fingerprint density at radius 1 is 1.28 bits per heavy atom. The second-order valence-electron chi connectivity index (χ2n) is 10.3. The molecule has 0 spiro atoms. The summed E-state index contributed by atoms with van der Waals surface area (Å²) in [6.07, 6.45) is -2.96. The van der Waals surface area contributed by atoms with Gasteiger partial charge in [-0.2, -0.15) is 18.3 Å². The summed E-state index contributed by atoms with van der Waals surface area (Å²) in [5.74, 6) is -1.21. The number of fused-ring (bicyclic) bond motifs is 2. The molecule has 4 atom stereocenters. The van der Waals surface area contributed by atoms with Crippen molar-refractivity contribution >= 4 is 12.0 Å². The fraction of sp³-hybridized carbons (Fsp3) is 0.542. The number of nitrogens with two attached hydrogens (primary N) is 1. The molecule has 36 heavy (non-hydrogen) atoms. The van der Waals surface area contributed by atoms with Crippen LogP contribution in [0.5, 0.6) is 0 Å². The molecule has 1 aromatic carbocycles. The first-order valence-corrected chi connectivity index (χ1v) is 11.7. The van der Waals surface area contributed by atoms with Crippen LogP contribution in [-0.4, -0.2) is 50.9 Å². The SMILES string of the molecule is CC(C)(C)OC(=O)N1[C@@H]2CC[C@@H](C2)[C@H]1C(=O)NC(N)Cc1ccc(-c2c[nH]nc2C(F)(F)F)cc1F. The van der Waals surface area contributed by atoms with Crippen molar-refractivity contribution in [2.45, 2.75) is 76.5 Å². The van der Waals surface area contributed by atoms with Crippen LogP contribution >= 0.6 is 0 Å². The molecule has 1 saturated heterocycles. The Morgan fingerprint density at radius 3 is 2.64 bits per heavy atom. The Labute approximate surface area is 205 Å². The molecule has 2 heterocycles. The number of hydrogen-bond acceptors (Lipinski definition) is 5. The maximum absolute atomic E-state index is 14.8. The minimum absolute atomic E-state index is 0.00455. The van der Waals surface area contributed by atoms with Gasteiger partial charge in [-0.05, 0) is 63.1 Å². The average molecular weight is 512 g/mol. The van der Waals surface area contributed by atoms with Crippen LogP contribution in [0.25, 0.3) is 11.1 Å². The number of carbonyl (C=O) groups is 2. The molecule has 2 aliphatic rings. The third kappa shape index (κ3) is 5.32. The molecule has 2 amide bonds. The number of H-pyrrole nitrogens is 1. The highest BCUT2D eigenvalue weighted by Crippen LogP contribution is 2.43. The number of aromatic nitrogens is 2. The van der Waals surface area contributed by atoms with Crippen LogP contribution < -0.4 is 11.1 Å². The van der Waals surface area contributed by atoms with E-state index in [-0.39, 0.29) is 35.1 Å². The van der Waals surface area contributed by atoms with Gasteiger partial charge >= 0.3 is 12.3 Å². The number of nitrogens with zero attached hydrogens (tertiary/aromatic N) is 2. The van der Waals surface area contributed by atoms with Crippen LogP contribution in [0.2, 0.25) is 0 Å². The second-order valence-corrected chi connectivity index (χ2v) is 10.3. The van der Waals surface area contributed by atoms with Crippen LogP contribution in [-0.2, 0) is 22.1 Å². The molecule has 4 N–H and O–H groups in total. The highest BCUT2D eigenvalue weighted by atomic mass is 19.4. The van der Waals surface area contributed by atoms with E-state index in [2.05, 4.69) is 15.5 Å². The molecule has 196 valence electrons. The topological polar surface area (TPSA) is 113 Å². The van der Waals surface area contributed by atoms with Crippen molar-refractivity contribution in [1.82, 2.24) is 20.4 Å². The van der Waals surface area contributed by atoms with Gasteiger partial charge in [-0.15, -0.1) is 0 Å². The van der Waals surface area contributed by atoms with E-state index >= 15 is 0 Å². The molecule has 1 aliphatic heterocycles. The Kier molecular flexibility index (Phi) is 6.76. The number of ether oxygens (including phenoxy) is 1. The van der Waals surface area contributed by atoms with Gasteiger partial charge in [-0.1, -0.05) is 12.1 Å². The van der Waals surface area contributed by atoms with Gasteiger partial charge in [-0.3, -0.25) is 14.8 Å². The van der Waals surface area contributed by atoms with Gasteiger partial charge in [0, 0.05) is 24.2 Å². The molecule has 2 bridgehead atoms. The molecular formula is C24H29F4N5O3. The number of hydrogen-bond donors (Lipinski definition) is 3. The quantitative estimate of drug-likeness (QED) is 0.415. The zero-order valence-electron chi connectivity index (χ0n) is 20.2. The first-order valence-electron chi connectivity index (χ1n) is 11.7. The molecule has 1 aromatic heterocycles. The lowest BCUT2D eigenvalue weighted by atomic mass is 9.97. The number of piperidine rings is 1. The van der Waals surface area contributed by atoms with E-state index in [4.69, 9.17) is 10.5 Å². The summed E-state index contributed by atoms with van der Waals surface area (Å²) in [5.41, 5.74) is 4.09. The molecule has 12 heteroatoms. The second kappa shape index (κ2) is 9.38. The first-order chi connectivity index (χ1) is 16.7. The zero-order valence-corrected chi connectivity index (χ0v) is 20.2. The summed E-state index contributed by atoms with van der Waals surface area (Å²) in [6, 6.07) is 2.84. The molecule has 8 nitrogen and oxygen atoms in total. The van der Waals surface area contributed by atoms with Gasteiger partial charge in [0.1, 0.15) is 17.5 Å². The number of alkyl halides is 3. The number of rotatable bonds is 5. The number of likely N-dealkylation sites (tertiary alicyclic amines) is 1. The molecule has 1 saturated carbocycles. The predicted octanol–water partition coefficient (Wildman–Crippen LogP) is 3.97. The smallest absolute Gasteiger partial charge is 0.435 e. The van der Waals surface area contributed by atoms with Crippen LogP contribution in [0, 0.1) is 11.7 Å². The van der Waals surface area contributed by atoms with Crippen molar-refractivity contribution in [2.75, 3.05) is 0 Å². The standard InChI is InChI=1S/C24H29F4N5O3/c1-23(2,3)36-22(35)33-15-7-6-14(8-15)19(33)21(34)31-18(29)10-13-5-4-12(9-17(13)25)16-11-30-32-20(16)24(26,27)28/h4-5,9,11,14-15,18-19H,6-8,10,29H2,1-3H3,(H,30,32)(H,31,34)/t14-,15+,18?,19-/m0/s1. The third-order valence-electron chi connectivity index (χ3n) is 6.50. The number of amides is 2. The van der Waals surface area contributed by atoms with E-state index in [0.717, 1.165) is 25.1 Å². The predicted molar refractivity (Wildman–Crippen MR) is 122 cm³/mol. The van der Waals surface area contributed by atoms with Gasteiger partial charge in [-0.25, -0.2) is 9.18 Å². The van der Waals surface area contributed by atoms with E-state index < -0.39 is 47.5 Å². The summed E-state index contributed by atoms with van der Waals surface area (Å²) in [4.78, 5) is 27.3. The van der Waals surface area contributed by atoms with E-state index in [1.54, 1.807) is 20.8 Å². The molecule has 0 radical (unpaired) electrons. The Balaban J connectivity index is 1.43. The van der Waals surface area contributed by atoms with Crippen molar-refractivity contribution in [3.05, 3.63) is 41.5 Å². The normalized spacial score (nSPS) is 22.6. The molecule has 1 aliphatic carbocycles. The summed E-state index contributed by atoms with van der Waals surface area (Å²) in [7, 11) is 0. The lowest BCUT2D eigenvalue weighted by Crippen LogP contribution is -2.57. The molecular weight excluding hydrogens is 482 g/mol. The fourth-order valence-corrected chi connectivity index (χ4v) is 5.07. The Morgan fingerprint density at radius 2 is 2.00 bits per heavy atom. The minimum Gasteiger partial charge on any atom is -0.444 e. The Hall–Kier alpha value is -3.15. The highest BCUT2D eigenvalue weighted by Gasteiger charge is 2.52. The van der Waals surface area contributed by atoms with Gasteiger partial charge < -0.3 is 15.8 Å². The Bertz CT molecular complexity index is 1140. The zero-order chi connectivity index (χ0) is 26.4. The van der Waals surface area contributed by atoms with Crippen LogP contribution in [0.15, 0.2) is 24.4 Å². The van der Waals surface area contributed by atoms with Crippen LogP contribution in [0.3, 0.4) is 0 Å². The van der Waals surface area contributed by atoms with Gasteiger partial charge in [0.2, 0.25) is 5.91 Å². The minimum atomic E-state index is -4.69.